The van der Waals surface area contributed by atoms with Crippen LogP contribution >= 0.6 is 11.8 Å². The van der Waals surface area contributed by atoms with Gasteiger partial charge in [-0.15, -0.1) is 0 Å². The van der Waals surface area contributed by atoms with Crippen molar-refractivity contribution in [1.82, 2.24) is 0 Å². The van der Waals surface area contributed by atoms with Crippen LogP contribution in [-0.2, 0) is 16.4 Å². The Morgan fingerprint density at radius 2 is 1.83 bits per heavy atom. The number of nitrogens with zero attached hydrogens (tertiary/aromatic N) is 1. The average molecular weight is 431 g/mol. The highest BCUT2D eigenvalue weighted by Gasteiger charge is 2.24. The van der Waals surface area contributed by atoms with E-state index in [2.05, 4.69) is 4.72 Å². The number of carbonyl (C=O) groups is 1. The molecule has 0 amide bonds. The largest absolute Gasteiger partial charge is 0.478 e. The lowest BCUT2D eigenvalue weighted by molar-refractivity contribution is 0.0697. The summed E-state index contributed by atoms with van der Waals surface area (Å²) in [5, 5.41) is 9.66. The summed E-state index contributed by atoms with van der Waals surface area (Å²) in [5.41, 5.74) is 3.04. The lowest BCUT2D eigenvalue weighted by Crippen LogP contribution is -2.33. The number of aryl methyl sites for hydroxylation is 1. The Kier molecular flexibility index (Phi) is 5.56. The molecule has 1 aliphatic heterocycles. The Morgan fingerprint density at radius 1 is 1.07 bits per heavy atom. The minimum Gasteiger partial charge on any atom is -0.478 e. The van der Waals surface area contributed by atoms with E-state index in [-0.39, 0.29) is 11.3 Å². The number of anilines is 2. The number of carboxylic acids is 1. The molecule has 8 heteroatoms. The Morgan fingerprint density at radius 3 is 2.59 bits per heavy atom. The van der Waals surface area contributed by atoms with Crippen LogP contribution in [0.2, 0.25) is 0 Å². The van der Waals surface area contributed by atoms with Crippen molar-refractivity contribution in [2.45, 2.75) is 12.8 Å². The molecule has 0 radical (unpaired) electrons. The molecule has 0 bridgehead atoms. The van der Waals surface area contributed by atoms with Gasteiger partial charge >= 0.3 is 5.97 Å². The van der Waals surface area contributed by atoms with Crippen LogP contribution in [0.25, 0.3) is 6.08 Å². The molecule has 2 N–H and O–H groups in total. The van der Waals surface area contributed by atoms with Gasteiger partial charge in [-0.05, 0) is 48.2 Å². The van der Waals surface area contributed by atoms with Gasteiger partial charge in [-0.25, -0.2) is 13.2 Å². The van der Waals surface area contributed by atoms with Gasteiger partial charge in [0.05, 0.1) is 16.2 Å². The van der Waals surface area contributed by atoms with E-state index in [1.54, 1.807) is 18.2 Å². The van der Waals surface area contributed by atoms with Gasteiger partial charge in [0.25, 0.3) is 10.0 Å². The monoisotopic (exact) mass is 430 g/mol. The molecule has 2 aromatic rings. The first-order valence-electron chi connectivity index (χ1n) is 9.45. The van der Waals surface area contributed by atoms with Crippen LogP contribution in [0.3, 0.4) is 0 Å². The molecule has 0 aromatic heterocycles. The molecule has 0 saturated carbocycles. The average Bonchev–Trinajstić information content (AvgIpc) is 2.73. The van der Waals surface area contributed by atoms with E-state index in [1.807, 2.05) is 40.9 Å². The van der Waals surface area contributed by atoms with Crippen LogP contribution in [0.5, 0.6) is 0 Å². The number of fused-ring (bicyclic) bond motifs is 1. The highest BCUT2D eigenvalue weighted by atomic mass is 32.2. The number of carboxylic acid groups (broad SMARTS) is 1. The van der Waals surface area contributed by atoms with Crippen molar-refractivity contribution in [1.29, 1.82) is 0 Å². The quantitative estimate of drug-likeness (QED) is 0.753. The topological polar surface area (TPSA) is 86.7 Å². The molecule has 1 saturated heterocycles. The maximum atomic E-state index is 12.9. The predicted molar refractivity (Wildman–Crippen MR) is 118 cm³/mol. The maximum absolute atomic E-state index is 12.9. The van der Waals surface area contributed by atoms with E-state index >= 15 is 0 Å². The highest BCUT2D eigenvalue weighted by Crippen LogP contribution is 2.30. The molecule has 0 spiro atoms. The van der Waals surface area contributed by atoms with Crippen molar-refractivity contribution in [3.63, 3.8) is 0 Å². The van der Waals surface area contributed by atoms with Crippen LogP contribution in [0, 0.1) is 0 Å². The second kappa shape index (κ2) is 8.12. The summed E-state index contributed by atoms with van der Waals surface area (Å²) in [5.74, 6) is 0.830. The SMILES string of the molecule is O=C(O)c1cc(NS(=O)(=O)C2=Cc3ccccc3CC2)ccc1N1CCSCC1. The van der Waals surface area contributed by atoms with E-state index in [0.717, 1.165) is 35.7 Å². The highest BCUT2D eigenvalue weighted by molar-refractivity contribution is 7.99. The lowest BCUT2D eigenvalue weighted by atomic mass is 9.98. The summed E-state index contributed by atoms with van der Waals surface area (Å²) in [6, 6.07) is 12.5. The zero-order valence-corrected chi connectivity index (χ0v) is 17.4. The van der Waals surface area contributed by atoms with Crippen molar-refractivity contribution in [3.8, 4) is 0 Å². The molecular weight excluding hydrogens is 408 g/mol. The van der Waals surface area contributed by atoms with Gasteiger partial charge in [0.1, 0.15) is 0 Å². The molecular formula is C21H22N2O4S2. The minimum absolute atomic E-state index is 0.111. The second-order valence-electron chi connectivity index (χ2n) is 7.05. The molecule has 29 heavy (non-hydrogen) atoms. The molecule has 0 atom stereocenters. The summed E-state index contributed by atoms with van der Waals surface area (Å²) in [7, 11) is -3.76. The Bertz CT molecular complexity index is 1070. The van der Waals surface area contributed by atoms with Crippen LogP contribution in [0.15, 0.2) is 47.4 Å². The van der Waals surface area contributed by atoms with Crippen molar-refractivity contribution < 1.29 is 18.3 Å². The number of thioether (sulfide) groups is 1. The molecule has 0 unspecified atom stereocenters. The van der Waals surface area contributed by atoms with Crippen molar-refractivity contribution in [2.75, 3.05) is 34.2 Å². The summed E-state index contributed by atoms with van der Waals surface area (Å²) >= 11 is 1.84. The molecule has 1 aliphatic carbocycles. The fraction of sp³-hybridized carbons (Fsp3) is 0.286. The standard InChI is InChI=1S/C21H22N2O4S2/c24-21(25)19-14-17(6-8-20(19)23-9-11-28-12-10-23)22-29(26,27)18-7-5-15-3-1-2-4-16(15)13-18/h1-4,6,8,13-14,22H,5,7,9-12H2,(H,24,25). The zero-order valence-electron chi connectivity index (χ0n) is 15.8. The first kappa shape index (κ1) is 19.8. The van der Waals surface area contributed by atoms with Gasteiger partial charge < -0.3 is 10.0 Å². The minimum atomic E-state index is -3.76. The van der Waals surface area contributed by atoms with E-state index in [4.69, 9.17) is 0 Å². The summed E-state index contributed by atoms with van der Waals surface area (Å²) in [6.45, 7) is 1.56. The van der Waals surface area contributed by atoms with E-state index in [1.165, 1.54) is 6.07 Å². The van der Waals surface area contributed by atoms with Gasteiger partial charge in [0.15, 0.2) is 0 Å². The van der Waals surface area contributed by atoms with Crippen molar-refractivity contribution in [3.05, 3.63) is 64.1 Å². The van der Waals surface area contributed by atoms with Gasteiger partial charge in [-0.3, -0.25) is 4.72 Å². The molecule has 152 valence electrons. The number of hydrogen-bond acceptors (Lipinski definition) is 5. The number of sulfonamides is 1. The third-order valence-corrected chi connectivity index (χ3v) is 7.65. The first-order chi connectivity index (χ1) is 13.9. The van der Waals surface area contributed by atoms with Crippen LogP contribution in [-0.4, -0.2) is 44.1 Å². The van der Waals surface area contributed by atoms with Crippen LogP contribution in [0.1, 0.15) is 27.9 Å². The van der Waals surface area contributed by atoms with Crippen LogP contribution < -0.4 is 9.62 Å². The van der Waals surface area contributed by atoms with Gasteiger partial charge in [0.2, 0.25) is 0 Å². The number of rotatable bonds is 5. The van der Waals surface area contributed by atoms with E-state index < -0.39 is 16.0 Å². The van der Waals surface area contributed by atoms with Crippen molar-refractivity contribution in [2.24, 2.45) is 0 Å². The molecule has 1 fully saturated rings. The predicted octanol–water partition coefficient (Wildman–Crippen LogP) is 3.67. The third-order valence-electron chi connectivity index (χ3n) is 5.19. The molecule has 4 rings (SSSR count). The molecule has 2 aromatic carbocycles. The fourth-order valence-corrected chi connectivity index (χ4v) is 5.81. The van der Waals surface area contributed by atoms with Crippen LogP contribution in [0.4, 0.5) is 11.4 Å². The smallest absolute Gasteiger partial charge is 0.337 e. The van der Waals surface area contributed by atoms with Gasteiger partial charge in [-0.2, -0.15) is 11.8 Å². The summed E-state index contributed by atoms with van der Waals surface area (Å²) in [4.78, 5) is 14.2. The van der Waals surface area contributed by atoms with E-state index in [9.17, 15) is 18.3 Å². The molecule has 2 aliphatic rings. The number of aromatic carboxylic acids is 1. The second-order valence-corrected chi connectivity index (χ2v) is 10.0. The summed E-state index contributed by atoms with van der Waals surface area (Å²) in [6.07, 6.45) is 2.77. The number of benzene rings is 2. The number of allylic oxidation sites excluding steroid dienone is 1. The molecule has 6 nitrogen and oxygen atoms in total. The summed E-state index contributed by atoms with van der Waals surface area (Å²) < 4.78 is 28.3. The zero-order chi connectivity index (χ0) is 20.4. The fourth-order valence-electron chi connectivity index (χ4n) is 3.69. The third kappa shape index (κ3) is 4.28. The maximum Gasteiger partial charge on any atom is 0.337 e. The Labute approximate surface area is 174 Å². The molecule has 1 heterocycles. The van der Waals surface area contributed by atoms with Crippen molar-refractivity contribution >= 4 is 45.2 Å². The number of nitrogens with one attached hydrogen (secondary N) is 1. The number of hydrogen-bond donors (Lipinski definition) is 2. The Balaban J connectivity index is 1.61. The van der Waals surface area contributed by atoms with Gasteiger partial charge in [0, 0.05) is 30.3 Å². The first-order valence-corrected chi connectivity index (χ1v) is 12.1. The normalized spacial score (nSPS) is 16.7. The Hall–Kier alpha value is -2.45. The van der Waals surface area contributed by atoms with Gasteiger partial charge in [-0.1, -0.05) is 24.3 Å². The van der Waals surface area contributed by atoms with E-state index in [0.29, 0.717) is 23.4 Å². The lowest BCUT2D eigenvalue weighted by Gasteiger charge is -2.29.